The van der Waals surface area contributed by atoms with Gasteiger partial charge in [0.25, 0.3) is 5.91 Å². The lowest BCUT2D eigenvalue weighted by atomic mass is 10.2. The normalized spacial score (nSPS) is 24.5. The van der Waals surface area contributed by atoms with E-state index in [1.54, 1.807) is 0 Å². The molecule has 0 aromatic rings. The molecule has 1 aliphatic rings. The van der Waals surface area contributed by atoms with Crippen LogP contribution in [0.1, 0.15) is 12.8 Å². The minimum absolute atomic E-state index is 0.148. The topological polar surface area (TPSA) is 78.9 Å². The van der Waals surface area contributed by atoms with Crippen LogP contribution < -0.4 is 5.32 Å². The quantitative estimate of drug-likeness (QED) is 0.506. The predicted octanol–water partition coefficient (Wildman–Crippen LogP) is -0.501. The molecule has 1 fully saturated rings. The zero-order chi connectivity index (χ0) is 12.8. The van der Waals surface area contributed by atoms with E-state index in [0.717, 1.165) is 11.1 Å². The number of carbonyl (C=O) groups is 2. The molecule has 1 rings (SSSR count). The number of amides is 2. The van der Waals surface area contributed by atoms with Gasteiger partial charge in [-0.25, -0.2) is 0 Å². The number of aliphatic hydroxyl groups excluding tert-OH is 1. The Kier molecular flexibility index (Phi) is 5.05. The molecule has 0 radical (unpaired) electrons. The van der Waals surface area contributed by atoms with Crippen LogP contribution >= 0.6 is 0 Å². The van der Waals surface area contributed by atoms with Crippen LogP contribution in [0.3, 0.4) is 0 Å². The van der Waals surface area contributed by atoms with Gasteiger partial charge >= 0.3 is 0 Å². The second kappa shape index (κ2) is 6.31. The minimum atomic E-state index is -1.07. The maximum Gasteiger partial charge on any atom is 0.281 e. The fourth-order valence-corrected chi connectivity index (χ4v) is 1.53. The van der Waals surface area contributed by atoms with Crippen LogP contribution in [0, 0.1) is 0 Å². The maximum absolute atomic E-state index is 13.2. The van der Waals surface area contributed by atoms with E-state index in [-0.39, 0.29) is 12.7 Å². The second-order valence-electron chi connectivity index (χ2n) is 3.58. The van der Waals surface area contributed by atoms with Gasteiger partial charge in [0.05, 0.1) is 18.9 Å². The van der Waals surface area contributed by atoms with Crippen molar-refractivity contribution in [3.63, 3.8) is 0 Å². The standard InChI is InChI=1S/C10H15FN2O4/c1-12-10(16)8(11)4-13(6-15)9-3-2-7(5-14)17-9/h4,6-7,9,14H,2-3,5H2,1H3,(H,12,16)/b8-4+. The van der Waals surface area contributed by atoms with E-state index in [4.69, 9.17) is 9.84 Å². The van der Waals surface area contributed by atoms with Crippen LogP contribution in [0.5, 0.6) is 0 Å². The molecule has 0 saturated carbocycles. The molecule has 96 valence electrons. The average Bonchev–Trinajstić information content (AvgIpc) is 2.83. The molecule has 0 aliphatic carbocycles. The van der Waals surface area contributed by atoms with E-state index in [1.807, 2.05) is 0 Å². The molecule has 2 amide bonds. The summed E-state index contributed by atoms with van der Waals surface area (Å²) in [6, 6.07) is 0. The first-order valence-corrected chi connectivity index (χ1v) is 5.20. The Morgan fingerprint density at radius 2 is 2.35 bits per heavy atom. The molecule has 2 atom stereocenters. The Morgan fingerprint density at radius 3 is 2.82 bits per heavy atom. The molecular formula is C10H15FN2O4. The van der Waals surface area contributed by atoms with Crippen LogP contribution in [0.15, 0.2) is 12.0 Å². The molecule has 7 heteroatoms. The molecule has 0 spiro atoms. The SMILES string of the molecule is CNC(=O)/C(F)=C\N(C=O)C1CCC(CO)O1. The number of likely N-dealkylation sites (N-methyl/N-ethyl adjacent to an activating group) is 1. The van der Waals surface area contributed by atoms with Gasteiger partial charge in [-0.15, -0.1) is 0 Å². The first kappa shape index (κ1) is 13.6. The van der Waals surface area contributed by atoms with E-state index in [9.17, 15) is 14.0 Å². The fraction of sp³-hybridized carbons (Fsp3) is 0.600. The summed E-state index contributed by atoms with van der Waals surface area (Å²) in [5.41, 5.74) is 0. The van der Waals surface area contributed by atoms with Gasteiger partial charge in [-0.1, -0.05) is 0 Å². The summed E-state index contributed by atoms with van der Waals surface area (Å²) in [7, 11) is 1.29. The lowest BCUT2D eigenvalue weighted by Crippen LogP contribution is -2.31. The Hall–Kier alpha value is -1.47. The van der Waals surface area contributed by atoms with Crippen molar-refractivity contribution in [2.24, 2.45) is 0 Å². The summed E-state index contributed by atoms with van der Waals surface area (Å²) in [4.78, 5) is 22.6. The summed E-state index contributed by atoms with van der Waals surface area (Å²) in [5.74, 6) is -1.98. The number of ether oxygens (including phenoxy) is 1. The number of carbonyl (C=O) groups excluding carboxylic acids is 2. The van der Waals surface area contributed by atoms with E-state index >= 15 is 0 Å². The lowest BCUT2D eigenvalue weighted by Gasteiger charge is -2.20. The zero-order valence-corrected chi connectivity index (χ0v) is 9.43. The molecule has 2 N–H and O–H groups in total. The van der Waals surface area contributed by atoms with E-state index < -0.39 is 18.0 Å². The summed E-state index contributed by atoms with van der Waals surface area (Å²) in [6.45, 7) is -0.148. The largest absolute Gasteiger partial charge is 0.394 e. The van der Waals surface area contributed by atoms with Crippen molar-refractivity contribution >= 4 is 12.3 Å². The van der Waals surface area contributed by atoms with Crippen LogP contribution in [0.4, 0.5) is 4.39 Å². The summed E-state index contributed by atoms with van der Waals surface area (Å²) >= 11 is 0. The van der Waals surface area contributed by atoms with Gasteiger partial charge in [0.1, 0.15) is 6.23 Å². The van der Waals surface area contributed by atoms with Gasteiger partial charge in [0.15, 0.2) is 0 Å². The third-order valence-corrected chi connectivity index (χ3v) is 2.45. The highest BCUT2D eigenvalue weighted by Crippen LogP contribution is 2.22. The van der Waals surface area contributed by atoms with Crippen molar-refractivity contribution in [2.45, 2.75) is 25.2 Å². The van der Waals surface area contributed by atoms with Crippen molar-refractivity contribution in [2.75, 3.05) is 13.7 Å². The molecule has 0 aromatic carbocycles. The van der Waals surface area contributed by atoms with Crippen LogP contribution in [0.2, 0.25) is 0 Å². The molecule has 6 nitrogen and oxygen atoms in total. The van der Waals surface area contributed by atoms with Crippen molar-refractivity contribution in [1.82, 2.24) is 10.2 Å². The zero-order valence-electron chi connectivity index (χ0n) is 9.43. The minimum Gasteiger partial charge on any atom is -0.394 e. The van der Waals surface area contributed by atoms with Crippen LogP contribution in [-0.2, 0) is 14.3 Å². The van der Waals surface area contributed by atoms with Gasteiger partial charge in [0, 0.05) is 7.05 Å². The molecule has 0 aromatic heterocycles. The van der Waals surface area contributed by atoms with Crippen molar-refractivity contribution in [3.05, 3.63) is 12.0 Å². The fourth-order valence-electron chi connectivity index (χ4n) is 1.53. The first-order chi connectivity index (χ1) is 8.12. The molecule has 1 aliphatic heterocycles. The maximum atomic E-state index is 13.2. The van der Waals surface area contributed by atoms with Crippen molar-refractivity contribution in [3.8, 4) is 0 Å². The van der Waals surface area contributed by atoms with Crippen LogP contribution in [0.25, 0.3) is 0 Å². The van der Waals surface area contributed by atoms with E-state index in [2.05, 4.69) is 5.32 Å². The highest BCUT2D eigenvalue weighted by molar-refractivity contribution is 5.91. The third-order valence-electron chi connectivity index (χ3n) is 2.45. The van der Waals surface area contributed by atoms with Gasteiger partial charge in [-0.05, 0) is 12.8 Å². The molecule has 0 bridgehead atoms. The Bertz CT molecular complexity index is 321. The van der Waals surface area contributed by atoms with Gasteiger partial charge in [-0.2, -0.15) is 4.39 Å². The average molecular weight is 246 g/mol. The smallest absolute Gasteiger partial charge is 0.281 e. The molecular weight excluding hydrogens is 231 g/mol. The summed E-state index contributed by atoms with van der Waals surface area (Å²) < 4.78 is 18.5. The van der Waals surface area contributed by atoms with E-state index in [1.165, 1.54) is 7.05 Å². The summed E-state index contributed by atoms with van der Waals surface area (Å²) in [6.07, 6.45) is 1.25. The molecule has 17 heavy (non-hydrogen) atoms. The first-order valence-electron chi connectivity index (χ1n) is 5.20. The highest BCUT2D eigenvalue weighted by atomic mass is 19.1. The molecule has 1 heterocycles. The molecule has 2 unspecified atom stereocenters. The number of nitrogens with zero attached hydrogens (tertiary/aromatic N) is 1. The number of aliphatic hydroxyl groups is 1. The highest BCUT2D eigenvalue weighted by Gasteiger charge is 2.28. The Labute approximate surface area is 98.0 Å². The van der Waals surface area contributed by atoms with Crippen molar-refractivity contribution in [1.29, 1.82) is 0 Å². The number of halogens is 1. The molecule has 1 saturated heterocycles. The monoisotopic (exact) mass is 246 g/mol. The van der Waals surface area contributed by atoms with E-state index in [0.29, 0.717) is 19.3 Å². The van der Waals surface area contributed by atoms with Gasteiger partial charge in [0.2, 0.25) is 12.2 Å². The van der Waals surface area contributed by atoms with Gasteiger partial charge < -0.3 is 15.2 Å². The Balaban J connectivity index is 2.66. The number of rotatable bonds is 5. The van der Waals surface area contributed by atoms with Crippen LogP contribution in [-0.4, -0.2) is 48.3 Å². The summed E-state index contributed by atoms with van der Waals surface area (Å²) in [5, 5.41) is 11.0. The van der Waals surface area contributed by atoms with Gasteiger partial charge in [-0.3, -0.25) is 14.5 Å². The Morgan fingerprint density at radius 1 is 1.65 bits per heavy atom. The number of nitrogens with one attached hydrogen (secondary N) is 1. The lowest BCUT2D eigenvalue weighted by molar-refractivity contribution is -0.127. The second-order valence-corrected chi connectivity index (χ2v) is 3.58. The third kappa shape index (κ3) is 3.50. The predicted molar refractivity (Wildman–Crippen MR) is 56.1 cm³/mol. The number of hydrogen-bond acceptors (Lipinski definition) is 4. The number of hydrogen-bond donors (Lipinski definition) is 2. The van der Waals surface area contributed by atoms with Crippen molar-refractivity contribution < 1.29 is 23.8 Å².